The van der Waals surface area contributed by atoms with Gasteiger partial charge in [0.25, 0.3) is 5.91 Å². The van der Waals surface area contributed by atoms with Crippen LogP contribution in [0.4, 0.5) is 10.1 Å². The first-order valence-electron chi connectivity index (χ1n) is 9.69. The third-order valence-corrected chi connectivity index (χ3v) is 6.71. The molecule has 1 N–H and O–H groups in total. The van der Waals surface area contributed by atoms with E-state index in [-0.39, 0.29) is 24.0 Å². The summed E-state index contributed by atoms with van der Waals surface area (Å²) in [7, 11) is -2.36. The fourth-order valence-electron chi connectivity index (χ4n) is 3.55. The summed E-state index contributed by atoms with van der Waals surface area (Å²) in [4.78, 5) is 13.2. The predicted octanol–water partition coefficient (Wildman–Crippen LogP) is 3.29. The number of hydrogen-bond donors (Lipinski definition) is 1. The van der Waals surface area contributed by atoms with Gasteiger partial charge in [-0.25, -0.2) is 17.5 Å². The summed E-state index contributed by atoms with van der Waals surface area (Å²) in [5.74, 6) is -0.739. The van der Waals surface area contributed by atoms with Gasteiger partial charge in [0.2, 0.25) is 10.0 Å². The number of rotatable bonds is 6. The zero-order chi connectivity index (χ0) is 22.0. The zero-order valence-electron chi connectivity index (χ0n) is 16.8. The zero-order valence-corrected chi connectivity index (χ0v) is 17.6. The van der Waals surface area contributed by atoms with Gasteiger partial charge < -0.3 is 9.64 Å². The Morgan fingerprint density at radius 2 is 1.77 bits per heavy atom. The van der Waals surface area contributed by atoms with E-state index in [4.69, 9.17) is 4.74 Å². The van der Waals surface area contributed by atoms with Crippen molar-refractivity contribution in [2.75, 3.05) is 25.1 Å². The number of nitrogens with zero attached hydrogens (tertiary/aromatic N) is 1. The van der Waals surface area contributed by atoms with Crippen LogP contribution in [0.2, 0.25) is 0 Å². The molecule has 1 amide bonds. The highest BCUT2D eigenvalue weighted by atomic mass is 32.2. The number of carbonyl (C=O) groups is 1. The molecular formula is C23H21FN2O4S. The number of benzene rings is 3. The Morgan fingerprint density at radius 3 is 2.52 bits per heavy atom. The number of anilines is 1. The number of hydrogen-bond acceptors (Lipinski definition) is 4. The maximum atomic E-state index is 14.5. The minimum Gasteiger partial charge on any atom is -0.482 e. The fourth-order valence-corrected chi connectivity index (χ4v) is 4.61. The summed E-state index contributed by atoms with van der Waals surface area (Å²) in [6, 6.07) is 19.8. The molecule has 0 saturated carbocycles. The lowest BCUT2D eigenvalue weighted by Crippen LogP contribution is -2.36. The Kier molecular flexibility index (Phi) is 5.75. The van der Waals surface area contributed by atoms with Crippen molar-refractivity contribution in [3.05, 3.63) is 89.7 Å². The molecule has 6 nitrogen and oxygen atoms in total. The van der Waals surface area contributed by atoms with Crippen molar-refractivity contribution in [1.29, 1.82) is 0 Å². The highest BCUT2D eigenvalue weighted by Crippen LogP contribution is 2.33. The Bertz CT molecular complexity index is 1220. The van der Waals surface area contributed by atoms with Gasteiger partial charge in [-0.3, -0.25) is 4.79 Å². The van der Waals surface area contributed by atoms with Gasteiger partial charge >= 0.3 is 0 Å². The van der Waals surface area contributed by atoms with E-state index in [2.05, 4.69) is 4.72 Å². The number of amides is 1. The summed E-state index contributed by atoms with van der Waals surface area (Å²) >= 11 is 0. The molecule has 160 valence electrons. The summed E-state index contributed by atoms with van der Waals surface area (Å²) in [6.07, 6.45) is 0. The minimum absolute atomic E-state index is 0.00301. The van der Waals surface area contributed by atoms with E-state index < -0.39 is 21.8 Å². The average molecular weight is 440 g/mol. The molecule has 1 heterocycles. The molecule has 0 fully saturated rings. The van der Waals surface area contributed by atoms with E-state index in [9.17, 15) is 17.6 Å². The number of likely N-dealkylation sites (N-methyl/N-ethyl adjacent to an activating group) is 1. The second-order valence-electron chi connectivity index (χ2n) is 7.21. The monoisotopic (exact) mass is 440 g/mol. The van der Waals surface area contributed by atoms with Crippen molar-refractivity contribution in [3.63, 3.8) is 0 Å². The standard InChI is InChI=1S/C23H21FN2O4S/c1-26-21-13-17(11-12-22(21)30-15-23(26)27)31(28,29)25-14-19(16-7-3-2-4-8-16)18-9-5-6-10-20(18)24/h2-13,19,25H,14-15H2,1H3/t19-/m1/s1. The highest BCUT2D eigenvalue weighted by molar-refractivity contribution is 7.89. The van der Waals surface area contributed by atoms with Crippen molar-refractivity contribution in [2.45, 2.75) is 10.8 Å². The van der Waals surface area contributed by atoms with Gasteiger partial charge in [0, 0.05) is 19.5 Å². The molecule has 0 radical (unpaired) electrons. The van der Waals surface area contributed by atoms with Crippen LogP contribution < -0.4 is 14.4 Å². The van der Waals surface area contributed by atoms with Gasteiger partial charge in [-0.05, 0) is 35.4 Å². The van der Waals surface area contributed by atoms with Gasteiger partial charge in [-0.1, -0.05) is 48.5 Å². The van der Waals surface area contributed by atoms with Gasteiger partial charge in [-0.15, -0.1) is 0 Å². The molecule has 4 rings (SSSR count). The van der Waals surface area contributed by atoms with Crippen LogP contribution in [-0.4, -0.2) is 34.5 Å². The number of fused-ring (bicyclic) bond motifs is 1. The summed E-state index contributed by atoms with van der Waals surface area (Å²) < 4.78 is 48.5. The number of carbonyl (C=O) groups excluding carboxylic acids is 1. The van der Waals surface area contributed by atoms with Crippen LogP contribution in [0.5, 0.6) is 5.75 Å². The molecule has 8 heteroatoms. The molecule has 0 aliphatic carbocycles. The SMILES string of the molecule is CN1C(=O)COc2ccc(S(=O)(=O)NC[C@H](c3ccccc3)c3ccccc3F)cc21. The van der Waals surface area contributed by atoms with Crippen LogP contribution in [0.1, 0.15) is 17.0 Å². The van der Waals surface area contributed by atoms with Crippen LogP contribution in [-0.2, 0) is 14.8 Å². The summed E-state index contributed by atoms with van der Waals surface area (Å²) in [5.41, 5.74) is 1.58. The van der Waals surface area contributed by atoms with Gasteiger partial charge in [0.15, 0.2) is 6.61 Å². The lowest BCUT2D eigenvalue weighted by atomic mass is 9.91. The van der Waals surface area contributed by atoms with E-state index in [0.717, 1.165) is 5.56 Å². The molecule has 3 aromatic rings. The summed E-state index contributed by atoms with van der Waals surface area (Å²) in [6.45, 7) is -0.120. The maximum absolute atomic E-state index is 14.5. The number of sulfonamides is 1. The van der Waals surface area contributed by atoms with Gasteiger partial charge in [0.05, 0.1) is 10.6 Å². The van der Waals surface area contributed by atoms with Gasteiger partial charge in [-0.2, -0.15) is 0 Å². The maximum Gasteiger partial charge on any atom is 0.264 e. The van der Waals surface area contributed by atoms with Crippen molar-refractivity contribution >= 4 is 21.6 Å². The molecule has 0 saturated heterocycles. The van der Waals surface area contributed by atoms with E-state index in [0.29, 0.717) is 17.0 Å². The van der Waals surface area contributed by atoms with Crippen LogP contribution >= 0.6 is 0 Å². The van der Waals surface area contributed by atoms with E-state index >= 15 is 0 Å². The number of nitrogens with one attached hydrogen (secondary N) is 1. The highest BCUT2D eigenvalue weighted by Gasteiger charge is 2.26. The molecule has 0 unspecified atom stereocenters. The molecule has 1 aliphatic heterocycles. The number of halogens is 1. The third kappa shape index (κ3) is 4.30. The van der Waals surface area contributed by atoms with Crippen molar-refractivity contribution in [1.82, 2.24) is 4.72 Å². The number of ether oxygens (including phenoxy) is 1. The van der Waals surface area contributed by atoms with E-state index in [1.165, 1.54) is 29.2 Å². The fraction of sp³-hybridized carbons (Fsp3) is 0.174. The van der Waals surface area contributed by atoms with Crippen LogP contribution in [0.15, 0.2) is 77.7 Å². The van der Waals surface area contributed by atoms with Crippen LogP contribution in [0.3, 0.4) is 0 Å². The lowest BCUT2D eigenvalue weighted by molar-refractivity contribution is -0.120. The molecule has 0 aromatic heterocycles. The molecule has 1 atom stereocenters. The molecule has 3 aromatic carbocycles. The Balaban J connectivity index is 1.63. The third-order valence-electron chi connectivity index (χ3n) is 5.29. The summed E-state index contributed by atoms with van der Waals surface area (Å²) in [5, 5.41) is 0. The minimum atomic E-state index is -3.92. The Labute approximate surface area is 180 Å². The second kappa shape index (κ2) is 8.49. The molecule has 31 heavy (non-hydrogen) atoms. The first-order chi connectivity index (χ1) is 14.9. The first kappa shape index (κ1) is 21.0. The topological polar surface area (TPSA) is 75.7 Å². The average Bonchev–Trinajstić information content (AvgIpc) is 2.78. The molecule has 1 aliphatic rings. The second-order valence-corrected chi connectivity index (χ2v) is 8.97. The van der Waals surface area contributed by atoms with Crippen molar-refractivity contribution < 1.29 is 22.3 Å². The normalized spacial score (nSPS) is 14.6. The smallest absolute Gasteiger partial charge is 0.264 e. The van der Waals surface area contributed by atoms with Crippen molar-refractivity contribution in [3.8, 4) is 5.75 Å². The van der Waals surface area contributed by atoms with E-state index in [1.807, 2.05) is 30.3 Å². The molecule has 0 spiro atoms. The largest absolute Gasteiger partial charge is 0.482 e. The first-order valence-corrected chi connectivity index (χ1v) is 11.2. The quantitative estimate of drug-likeness (QED) is 0.638. The Morgan fingerprint density at radius 1 is 1.06 bits per heavy atom. The van der Waals surface area contributed by atoms with Crippen LogP contribution in [0, 0.1) is 5.82 Å². The van der Waals surface area contributed by atoms with E-state index in [1.54, 1.807) is 25.2 Å². The van der Waals surface area contributed by atoms with Crippen LogP contribution in [0.25, 0.3) is 0 Å². The molecular weight excluding hydrogens is 419 g/mol. The lowest BCUT2D eigenvalue weighted by Gasteiger charge is -2.26. The predicted molar refractivity (Wildman–Crippen MR) is 115 cm³/mol. The Hall–Kier alpha value is -3.23. The van der Waals surface area contributed by atoms with Crippen molar-refractivity contribution in [2.24, 2.45) is 0 Å². The molecule has 0 bridgehead atoms. The van der Waals surface area contributed by atoms with Gasteiger partial charge in [0.1, 0.15) is 11.6 Å².